The van der Waals surface area contributed by atoms with Gasteiger partial charge in [-0.3, -0.25) is 10.1 Å². The second-order valence-corrected chi connectivity index (χ2v) is 4.62. The SMILES string of the molecule is O=[N+]([O-])c1cc(F)c(NCCc2nccs2)c(F)c1. The summed E-state index contributed by atoms with van der Waals surface area (Å²) >= 11 is 1.44. The van der Waals surface area contributed by atoms with Gasteiger partial charge in [0.25, 0.3) is 5.69 Å². The summed E-state index contributed by atoms with van der Waals surface area (Å²) in [6, 6.07) is 1.38. The molecule has 2 aromatic rings. The van der Waals surface area contributed by atoms with E-state index in [1.165, 1.54) is 11.3 Å². The fourth-order valence-electron chi connectivity index (χ4n) is 1.50. The first-order valence-corrected chi connectivity index (χ1v) is 6.21. The van der Waals surface area contributed by atoms with Gasteiger partial charge in [0, 0.05) is 24.5 Å². The highest BCUT2D eigenvalue weighted by Gasteiger charge is 2.16. The molecule has 0 aliphatic carbocycles. The number of rotatable bonds is 5. The Morgan fingerprint density at radius 3 is 2.58 bits per heavy atom. The molecule has 1 heterocycles. The normalized spacial score (nSPS) is 10.4. The number of anilines is 1. The molecule has 0 bridgehead atoms. The summed E-state index contributed by atoms with van der Waals surface area (Å²) in [5, 5.41) is 15.7. The lowest BCUT2D eigenvalue weighted by atomic mass is 10.2. The summed E-state index contributed by atoms with van der Waals surface area (Å²) in [5.41, 5.74) is -0.970. The first kappa shape index (κ1) is 13.3. The van der Waals surface area contributed by atoms with Crippen molar-refractivity contribution in [2.75, 3.05) is 11.9 Å². The smallest absolute Gasteiger partial charge is 0.275 e. The van der Waals surface area contributed by atoms with E-state index in [0.717, 1.165) is 5.01 Å². The number of nitro groups is 1. The van der Waals surface area contributed by atoms with Gasteiger partial charge in [-0.05, 0) is 0 Å². The Morgan fingerprint density at radius 2 is 2.05 bits per heavy atom. The van der Waals surface area contributed by atoms with Crippen LogP contribution in [-0.2, 0) is 6.42 Å². The van der Waals surface area contributed by atoms with Gasteiger partial charge in [0.2, 0.25) is 0 Å². The van der Waals surface area contributed by atoms with Crippen LogP contribution in [0.15, 0.2) is 23.7 Å². The van der Waals surface area contributed by atoms with Crippen LogP contribution in [0.1, 0.15) is 5.01 Å². The van der Waals surface area contributed by atoms with Gasteiger partial charge < -0.3 is 5.32 Å². The molecule has 0 saturated heterocycles. The van der Waals surface area contributed by atoms with E-state index < -0.39 is 22.2 Å². The molecule has 5 nitrogen and oxygen atoms in total. The number of nitrogens with one attached hydrogen (secondary N) is 1. The first-order chi connectivity index (χ1) is 9.08. The summed E-state index contributed by atoms with van der Waals surface area (Å²) < 4.78 is 27.0. The van der Waals surface area contributed by atoms with Gasteiger partial charge >= 0.3 is 0 Å². The molecule has 8 heteroatoms. The highest BCUT2D eigenvalue weighted by molar-refractivity contribution is 7.09. The number of nitrogens with zero attached hydrogens (tertiary/aromatic N) is 2. The van der Waals surface area contributed by atoms with Crippen molar-refractivity contribution in [3.8, 4) is 0 Å². The molecular formula is C11H9F2N3O2S. The van der Waals surface area contributed by atoms with Crippen LogP contribution in [0, 0.1) is 21.7 Å². The van der Waals surface area contributed by atoms with Crippen molar-refractivity contribution in [1.82, 2.24) is 4.98 Å². The molecule has 0 atom stereocenters. The molecule has 19 heavy (non-hydrogen) atoms. The predicted molar refractivity (Wildman–Crippen MR) is 67.3 cm³/mol. The third-order valence-corrected chi connectivity index (χ3v) is 3.20. The molecule has 0 unspecified atom stereocenters. The minimum atomic E-state index is -0.981. The van der Waals surface area contributed by atoms with Crippen molar-refractivity contribution in [2.45, 2.75) is 6.42 Å². The predicted octanol–water partition coefficient (Wildman–Crippen LogP) is 2.98. The van der Waals surface area contributed by atoms with E-state index in [1.54, 1.807) is 6.20 Å². The lowest BCUT2D eigenvalue weighted by Crippen LogP contribution is -2.08. The fraction of sp³-hybridized carbons (Fsp3) is 0.182. The van der Waals surface area contributed by atoms with Gasteiger partial charge in [-0.25, -0.2) is 13.8 Å². The summed E-state index contributed by atoms with van der Waals surface area (Å²) in [6.45, 7) is 0.291. The van der Waals surface area contributed by atoms with Gasteiger partial charge in [0.15, 0.2) is 11.6 Å². The van der Waals surface area contributed by atoms with Gasteiger partial charge in [-0.1, -0.05) is 0 Å². The van der Waals surface area contributed by atoms with Crippen LogP contribution < -0.4 is 5.32 Å². The third-order valence-electron chi connectivity index (χ3n) is 2.36. The summed E-state index contributed by atoms with van der Waals surface area (Å²) in [5.74, 6) is -1.96. The van der Waals surface area contributed by atoms with E-state index in [1.807, 2.05) is 5.38 Å². The lowest BCUT2D eigenvalue weighted by molar-refractivity contribution is -0.385. The molecule has 0 radical (unpaired) electrons. The lowest BCUT2D eigenvalue weighted by Gasteiger charge is -2.07. The average molecular weight is 285 g/mol. The molecule has 1 aromatic carbocycles. The van der Waals surface area contributed by atoms with Crippen molar-refractivity contribution in [3.63, 3.8) is 0 Å². The number of hydrogen-bond donors (Lipinski definition) is 1. The largest absolute Gasteiger partial charge is 0.380 e. The van der Waals surface area contributed by atoms with Crippen molar-refractivity contribution in [1.29, 1.82) is 0 Å². The molecule has 0 aliphatic heterocycles. The van der Waals surface area contributed by atoms with E-state index in [2.05, 4.69) is 10.3 Å². The number of benzene rings is 1. The van der Waals surface area contributed by atoms with E-state index in [0.29, 0.717) is 25.1 Å². The topological polar surface area (TPSA) is 68.1 Å². The molecule has 0 amide bonds. The minimum absolute atomic E-state index is 0.291. The Bertz CT molecular complexity index is 567. The van der Waals surface area contributed by atoms with Crippen LogP contribution in [-0.4, -0.2) is 16.5 Å². The van der Waals surface area contributed by atoms with E-state index in [9.17, 15) is 18.9 Å². The van der Waals surface area contributed by atoms with Gasteiger partial charge in [-0.2, -0.15) is 0 Å². The molecular weight excluding hydrogens is 276 g/mol. The van der Waals surface area contributed by atoms with Crippen LogP contribution >= 0.6 is 11.3 Å². The van der Waals surface area contributed by atoms with Crippen molar-refractivity contribution < 1.29 is 13.7 Å². The maximum atomic E-state index is 13.5. The van der Waals surface area contributed by atoms with Crippen LogP contribution in [0.3, 0.4) is 0 Å². The van der Waals surface area contributed by atoms with Gasteiger partial charge in [0.05, 0.1) is 22.1 Å². The number of thiazole rings is 1. The molecule has 0 aliphatic rings. The Labute approximate surface area is 111 Å². The van der Waals surface area contributed by atoms with Crippen molar-refractivity contribution >= 4 is 22.7 Å². The Balaban J connectivity index is 2.06. The van der Waals surface area contributed by atoms with Gasteiger partial charge in [0.1, 0.15) is 5.69 Å². The average Bonchev–Trinajstić information content (AvgIpc) is 2.85. The molecule has 2 rings (SSSR count). The zero-order chi connectivity index (χ0) is 13.8. The highest BCUT2D eigenvalue weighted by Crippen LogP contribution is 2.24. The van der Waals surface area contributed by atoms with Crippen LogP contribution in [0.25, 0.3) is 0 Å². The zero-order valence-corrected chi connectivity index (χ0v) is 10.4. The first-order valence-electron chi connectivity index (χ1n) is 5.33. The molecule has 0 fully saturated rings. The quantitative estimate of drug-likeness (QED) is 0.677. The van der Waals surface area contributed by atoms with E-state index in [-0.39, 0.29) is 5.69 Å². The summed E-state index contributed by atoms with van der Waals surface area (Å²) in [7, 11) is 0. The molecule has 1 N–H and O–H groups in total. The minimum Gasteiger partial charge on any atom is -0.380 e. The fourth-order valence-corrected chi connectivity index (χ4v) is 2.13. The van der Waals surface area contributed by atoms with E-state index in [4.69, 9.17) is 0 Å². The Kier molecular flexibility index (Phi) is 4.00. The number of non-ortho nitro benzene ring substituents is 1. The monoisotopic (exact) mass is 285 g/mol. The van der Waals surface area contributed by atoms with E-state index >= 15 is 0 Å². The van der Waals surface area contributed by atoms with Crippen molar-refractivity contribution in [3.05, 3.63) is 50.5 Å². The maximum absolute atomic E-state index is 13.5. The Morgan fingerprint density at radius 1 is 1.37 bits per heavy atom. The van der Waals surface area contributed by atoms with Gasteiger partial charge in [-0.15, -0.1) is 11.3 Å². The van der Waals surface area contributed by atoms with Crippen LogP contribution in [0.5, 0.6) is 0 Å². The van der Waals surface area contributed by atoms with Crippen molar-refractivity contribution in [2.24, 2.45) is 0 Å². The second-order valence-electron chi connectivity index (χ2n) is 3.64. The molecule has 1 aromatic heterocycles. The third kappa shape index (κ3) is 3.22. The number of nitro benzene ring substituents is 1. The summed E-state index contributed by atoms with van der Waals surface area (Å²) in [6.07, 6.45) is 2.17. The number of aromatic nitrogens is 1. The molecule has 0 saturated carbocycles. The van der Waals surface area contributed by atoms with Crippen LogP contribution in [0.4, 0.5) is 20.2 Å². The maximum Gasteiger partial charge on any atom is 0.275 e. The standard InChI is InChI=1S/C11H9F2N3O2S/c12-8-5-7(16(17)18)6-9(13)11(8)15-2-1-10-14-3-4-19-10/h3-6,15H,1-2H2. The molecule has 100 valence electrons. The second kappa shape index (κ2) is 5.70. The Hall–Kier alpha value is -2.09. The number of halogens is 2. The van der Waals surface area contributed by atoms with Crippen LogP contribution in [0.2, 0.25) is 0 Å². The summed E-state index contributed by atoms with van der Waals surface area (Å²) in [4.78, 5) is 13.6. The molecule has 0 spiro atoms. The highest BCUT2D eigenvalue weighted by atomic mass is 32.1. The zero-order valence-electron chi connectivity index (χ0n) is 9.60. The number of hydrogen-bond acceptors (Lipinski definition) is 5.